The van der Waals surface area contributed by atoms with Gasteiger partial charge in [0.05, 0.1) is 19.3 Å². The molecule has 0 bridgehead atoms. The average Bonchev–Trinajstić information content (AvgIpc) is 2.65. The van der Waals surface area contributed by atoms with Crippen molar-refractivity contribution < 1.29 is 18.7 Å². The van der Waals surface area contributed by atoms with E-state index in [-0.39, 0.29) is 19.1 Å². The standard InChI is InChI=1S/C20H20N2O5/c1-12-9-21-16(13(2)20(12)25-3)10-22-18(23)11-26-15-6-4-14-5-7-19(24)27-17(14)8-15/h4-9H,10-11H2,1-3H3,(H,22,23). The largest absolute Gasteiger partial charge is 0.496 e. The Balaban J connectivity index is 1.60. The molecule has 0 aliphatic rings. The minimum absolute atomic E-state index is 0.162. The number of nitrogens with zero attached hydrogens (tertiary/aromatic N) is 1. The van der Waals surface area contributed by atoms with Gasteiger partial charge in [-0.1, -0.05) is 0 Å². The van der Waals surface area contributed by atoms with Crippen LogP contribution in [0.5, 0.6) is 11.5 Å². The number of amides is 1. The normalized spacial score (nSPS) is 10.6. The molecule has 7 heteroatoms. The highest BCUT2D eigenvalue weighted by Gasteiger charge is 2.11. The highest BCUT2D eigenvalue weighted by Crippen LogP contribution is 2.23. The van der Waals surface area contributed by atoms with Crippen LogP contribution in [0.15, 0.2) is 45.7 Å². The Morgan fingerprint density at radius 2 is 2.00 bits per heavy atom. The lowest BCUT2D eigenvalue weighted by atomic mass is 10.1. The maximum atomic E-state index is 12.1. The average molecular weight is 368 g/mol. The zero-order valence-corrected chi connectivity index (χ0v) is 15.4. The van der Waals surface area contributed by atoms with Crippen molar-refractivity contribution in [3.8, 4) is 11.5 Å². The Kier molecular flexibility index (Phi) is 5.40. The summed E-state index contributed by atoms with van der Waals surface area (Å²) in [4.78, 5) is 27.7. The number of aryl methyl sites for hydroxylation is 1. The van der Waals surface area contributed by atoms with Gasteiger partial charge in [-0.2, -0.15) is 0 Å². The number of hydrogen-bond donors (Lipinski definition) is 1. The first-order valence-corrected chi connectivity index (χ1v) is 8.40. The van der Waals surface area contributed by atoms with Crippen LogP contribution >= 0.6 is 0 Å². The molecule has 140 valence electrons. The predicted octanol–water partition coefficient (Wildman–Crippen LogP) is 2.51. The van der Waals surface area contributed by atoms with E-state index in [4.69, 9.17) is 13.9 Å². The SMILES string of the molecule is COc1c(C)cnc(CNC(=O)COc2ccc3ccc(=O)oc3c2)c1C. The van der Waals surface area contributed by atoms with Crippen molar-refractivity contribution in [2.75, 3.05) is 13.7 Å². The van der Waals surface area contributed by atoms with Crippen LogP contribution in [-0.2, 0) is 11.3 Å². The molecule has 0 saturated carbocycles. The third-order valence-corrected chi connectivity index (χ3v) is 4.17. The number of rotatable bonds is 6. The summed E-state index contributed by atoms with van der Waals surface area (Å²) in [6.45, 7) is 3.93. The molecule has 0 aliphatic carbocycles. The van der Waals surface area contributed by atoms with Crippen molar-refractivity contribution in [3.63, 3.8) is 0 Å². The zero-order chi connectivity index (χ0) is 19.4. The van der Waals surface area contributed by atoms with Crippen molar-refractivity contribution >= 4 is 16.9 Å². The van der Waals surface area contributed by atoms with Gasteiger partial charge in [-0.25, -0.2) is 4.79 Å². The Morgan fingerprint density at radius 3 is 2.78 bits per heavy atom. The molecule has 0 atom stereocenters. The highest BCUT2D eigenvalue weighted by atomic mass is 16.5. The van der Waals surface area contributed by atoms with Gasteiger partial charge in [0.25, 0.3) is 5.91 Å². The van der Waals surface area contributed by atoms with E-state index in [1.165, 1.54) is 6.07 Å². The molecular weight excluding hydrogens is 348 g/mol. The molecule has 27 heavy (non-hydrogen) atoms. The molecule has 1 aromatic carbocycles. The molecule has 0 fully saturated rings. The lowest BCUT2D eigenvalue weighted by molar-refractivity contribution is -0.123. The Bertz CT molecular complexity index is 1040. The molecule has 2 heterocycles. The van der Waals surface area contributed by atoms with Crippen molar-refractivity contribution in [2.24, 2.45) is 0 Å². The van der Waals surface area contributed by atoms with Gasteiger partial charge in [0.1, 0.15) is 17.1 Å². The third kappa shape index (κ3) is 4.25. The molecule has 3 aromatic rings. The maximum Gasteiger partial charge on any atom is 0.336 e. The number of methoxy groups -OCH3 is 1. The maximum absolute atomic E-state index is 12.1. The second-order valence-electron chi connectivity index (χ2n) is 6.07. The van der Waals surface area contributed by atoms with E-state index in [1.807, 2.05) is 13.8 Å². The zero-order valence-electron chi connectivity index (χ0n) is 15.4. The smallest absolute Gasteiger partial charge is 0.336 e. The van der Waals surface area contributed by atoms with Gasteiger partial charge in [0.15, 0.2) is 6.61 Å². The minimum Gasteiger partial charge on any atom is -0.496 e. The van der Waals surface area contributed by atoms with Crippen LogP contribution < -0.4 is 20.4 Å². The van der Waals surface area contributed by atoms with E-state index in [2.05, 4.69) is 10.3 Å². The second kappa shape index (κ2) is 7.90. The fourth-order valence-corrected chi connectivity index (χ4v) is 2.76. The Hall–Kier alpha value is -3.35. The van der Waals surface area contributed by atoms with Crippen LogP contribution in [0.3, 0.4) is 0 Å². The molecule has 0 unspecified atom stereocenters. The second-order valence-corrected chi connectivity index (χ2v) is 6.07. The summed E-state index contributed by atoms with van der Waals surface area (Å²) < 4.78 is 15.9. The van der Waals surface area contributed by atoms with Crippen LogP contribution in [0, 0.1) is 13.8 Å². The summed E-state index contributed by atoms with van der Waals surface area (Å²) in [6.07, 6.45) is 1.71. The highest BCUT2D eigenvalue weighted by molar-refractivity contribution is 5.79. The topological polar surface area (TPSA) is 90.7 Å². The quantitative estimate of drug-likeness (QED) is 0.673. The van der Waals surface area contributed by atoms with Gasteiger partial charge in [-0.15, -0.1) is 0 Å². The van der Waals surface area contributed by atoms with Gasteiger partial charge in [0.2, 0.25) is 0 Å². The number of pyridine rings is 1. The number of ether oxygens (including phenoxy) is 2. The summed E-state index contributed by atoms with van der Waals surface area (Å²) in [5.74, 6) is 0.923. The molecular formula is C20H20N2O5. The van der Waals surface area contributed by atoms with Gasteiger partial charge in [-0.3, -0.25) is 9.78 Å². The Morgan fingerprint density at radius 1 is 1.22 bits per heavy atom. The molecule has 0 radical (unpaired) electrons. The lowest BCUT2D eigenvalue weighted by Crippen LogP contribution is -2.29. The molecule has 3 rings (SSSR count). The third-order valence-electron chi connectivity index (χ3n) is 4.17. The van der Waals surface area contributed by atoms with Crippen LogP contribution in [0.1, 0.15) is 16.8 Å². The molecule has 1 amide bonds. The van der Waals surface area contributed by atoms with E-state index in [1.54, 1.807) is 37.6 Å². The minimum atomic E-state index is -0.436. The summed E-state index contributed by atoms with van der Waals surface area (Å²) in [6, 6.07) is 8.08. The Labute approximate surface area is 155 Å². The van der Waals surface area contributed by atoms with Crippen molar-refractivity contribution in [1.29, 1.82) is 0 Å². The summed E-state index contributed by atoms with van der Waals surface area (Å²) in [7, 11) is 1.61. The number of nitrogens with one attached hydrogen (secondary N) is 1. The van der Waals surface area contributed by atoms with Crippen LogP contribution in [0.25, 0.3) is 11.0 Å². The van der Waals surface area contributed by atoms with E-state index < -0.39 is 5.63 Å². The van der Waals surface area contributed by atoms with Crippen LogP contribution in [0.4, 0.5) is 0 Å². The van der Waals surface area contributed by atoms with Crippen LogP contribution in [-0.4, -0.2) is 24.6 Å². The number of aromatic nitrogens is 1. The molecule has 1 N–H and O–H groups in total. The van der Waals surface area contributed by atoms with Gasteiger partial charge < -0.3 is 19.2 Å². The summed E-state index contributed by atoms with van der Waals surface area (Å²) in [5, 5.41) is 3.55. The molecule has 0 aliphatic heterocycles. The first-order valence-electron chi connectivity index (χ1n) is 8.40. The first kappa shape index (κ1) is 18.4. The van der Waals surface area contributed by atoms with E-state index in [0.29, 0.717) is 11.3 Å². The monoisotopic (exact) mass is 368 g/mol. The van der Waals surface area contributed by atoms with Gasteiger partial charge in [-0.05, 0) is 32.0 Å². The number of benzene rings is 1. The van der Waals surface area contributed by atoms with Gasteiger partial charge >= 0.3 is 5.63 Å². The predicted molar refractivity (Wildman–Crippen MR) is 100 cm³/mol. The van der Waals surface area contributed by atoms with E-state index in [0.717, 1.165) is 28.0 Å². The molecule has 2 aromatic heterocycles. The first-order chi connectivity index (χ1) is 13.0. The number of carbonyl (C=O) groups excluding carboxylic acids is 1. The molecule has 0 saturated heterocycles. The summed E-state index contributed by atoms with van der Waals surface area (Å²) >= 11 is 0. The van der Waals surface area contributed by atoms with Crippen molar-refractivity contribution in [3.05, 3.63) is 63.8 Å². The van der Waals surface area contributed by atoms with Crippen molar-refractivity contribution in [1.82, 2.24) is 10.3 Å². The number of fused-ring (bicyclic) bond motifs is 1. The van der Waals surface area contributed by atoms with Crippen LogP contribution in [0.2, 0.25) is 0 Å². The summed E-state index contributed by atoms with van der Waals surface area (Å²) in [5.41, 5.74) is 2.54. The number of carbonyl (C=O) groups is 1. The van der Waals surface area contributed by atoms with E-state index in [9.17, 15) is 9.59 Å². The van der Waals surface area contributed by atoms with Crippen molar-refractivity contribution in [2.45, 2.75) is 20.4 Å². The number of hydrogen-bond acceptors (Lipinski definition) is 6. The fourth-order valence-electron chi connectivity index (χ4n) is 2.76. The lowest BCUT2D eigenvalue weighted by Gasteiger charge is -2.13. The molecule has 0 spiro atoms. The van der Waals surface area contributed by atoms with E-state index >= 15 is 0 Å². The fraction of sp³-hybridized carbons (Fsp3) is 0.250. The van der Waals surface area contributed by atoms with Gasteiger partial charge in [0, 0.05) is 34.8 Å². The molecule has 7 nitrogen and oxygen atoms in total.